The van der Waals surface area contributed by atoms with Crippen molar-refractivity contribution in [3.63, 3.8) is 0 Å². The monoisotopic (exact) mass is 666 g/mol. The van der Waals surface area contributed by atoms with Crippen LogP contribution in [0.25, 0.3) is 11.2 Å². The number of ether oxygens (including phenoxy) is 3. The molecule has 0 saturated heterocycles. The van der Waals surface area contributed by atoms with E-state index in [1.807, 2.05) is 18.4 Å². The van der Waals surface area contributed by atoms with Crippen molar-refractivity contribution in [3.05, 3.63) is 12.7 Å². The van der Waals surface area contributed by atoms with Crippen LogP contribution in [0, 0.1) is 0 Å². The first kappa shape index (κ1) is 40.1. The van der Waals surface area contributed by atoms with Crippen molar-refractivity contribution in [1.82, 2.24) is 24.6 Å². The van der Waals surface area contributed by atoms with Gasteiger partial charge < -0.3 is 29.1 Å². The number of unbranched alkanes of at least 4 members (excludes halogenated alkanes) is 13. The fourth-order valence-corrected chi connectivity index (χ4v) is 8.15. The SMILES string of the molecule is CCCCCCCCCCCCCCCCOC(CC)P(=O)(CO[C@H](C)Cn1cnc2c(N)ncnc21)N[C@@H](C)C(=O)OC(C)C. The van der Waals surface area contributed by atoms with Crippen molar-refractivity contribution in [1.29, 1.82) is 0 Å². The lowest BCUT2D eigenvalue weighted by atomic mass is 10.0. The van der Waals surface area contributed by atoms with Crippen LogP contribution in [0.4, 0.5) is 5.82 Å². The number of esters is 1. The van der Waals surface area contributed by atoms with E-state index in [0.29, 0.717) is 36.6 Å². The van der Waals surface area contributed by atoms with E-state index in [4.69, 9.17) is 19.9 Å². The summed E-state index contributed by atoms with van der Waals surface area (Å²) in [4.78, 5) is 25.2. The summed E-state index contributed by atoms with van der Waals surface area (Å²) in [6, 6.07) is -0.775. The number of hydrogen-bond donors (Lipinski definition) is 2. The fraction of sp³-hybridized carbons (Fsp3) is 0.824. The number of nitrogens with one attached hydrogen (secondary N) is 1. The summed E-state index contributed by atoms with van der Waals surface area (Å²) in [6.07, 6.45) is 20.9. The number of aromatic nitrogens is 4. The molecule has 3 N–H and O–H groups in total. The van der Waals surface area contributed by atoms with Gasteiger partial charge in [-0.25, -0.2) is 20.0 Å². The summed E-state index contributed by atoms with van der Waals surface area (Å²) < 4.78 is 34.1. The van der Waals surface area contributed by atoms with Crippen LogP contribution in [0.2, 0.25) is 0 Å². The van der Waals surface area contributed by atoms with Crippen LogP contribution in [0.3, 0.4) is 0 Å². The van der Waals surface area contributed by atoms with Crippen LogP contribution in [-0.4, -0.2) is 62.5 Å². The van der Waals surface area contributed by atoms with Crippen LogP contribution >= 0.6 is 7.29 Å². The van der Waals surface area contributed by atoms with Gasteiger partial charge in [0.15, 0.2) is 11.5 Å². The topological polar surface area (TPSA) is 143 Å². The maximum absolute atomic E-state index is 14.5. The van der Waals surface area contributed by atoms with E-state index in [9.17, 15) is 9.36 Å². The second kappa shape index (κ2) is 22.5. The molecule has 0 aliphatic heterocycles. The Morgan fingerprint density at radius 3 is 2.02 bits per heavy atom. The summed E-state index contributed by atoms with van der Waals surface area (Å²) in [6.45, 7) is 12.3. The molecule has 0 amide bonds. The van der Waals surface area contributed by atoms with E-state index >= 15 is 0 Å². The van der Waals surface area contributed by atoms with Gasteiger partial charge in [0.25, 0.3) is 0 Å². The van der Waals surface area contributed by atoms with Gasteiger partial charge in [-0.2, -0.15) is 0 Å². The Labute approximate surface area is 278 Å². The summed E-state index contributed by atoms with van der Waals surface area (Å²) in [5.74, 6) is -0.722. The molecule has 0 saturated carbocycles. The van der Waals surface area contributed by atoms with Crippen molar-refractivity contribution >= 4 is 30.2 Å². The molecule has 2 aromatic heterocycles. The van der Waals surface area contributed by atoms with Gasteiger partial charge in [0.2, 0.25) is 7.29 Å². The molecule has 2 aromatic rings. The molecule has 0 aliphatic carbocycles. The third-order valence-electron chi connectivity index (χ3n) is 8.17. The Kier molecular flexibility index (Phi) is 19.6. The van der Waals surface area contributed by atoms with E-state index in [1.165, 1.54) is 83.4 Å². The van der Waals surface area contributed by atoms with E-state index in [-0.39, 0.29) is 18.6 Å². The number of fused-ring (bicyclic) bond motifs is 1. The average molecular weight is 667 g/mol. The number of nitrogens with zero attached hydrogens (tertiary/aromatic N) is 4. The molecule has 46 heavy (non-hydrogen) atoms. The van der Waals surface area contributed by atoms with Gasteiger partial charge in [-0.1, -0.05) is 97.3 Å². The highest BCUT2D eigenvalue weighted by molar-refractivity contribution is 7.62. The van der Waals surface area contributed by atoms with Gasteiger partial charge in [0, 0.05) is 6.61 Å². The normalized spacial score (nSPS) is 15.2. The Morgan fingerprint density at radius 1 is 0.870 bits per heavy atom. The molecule has 0 fully saturated rings. The molecule has 0 radical (unpaired) electrons. The number of nitrogen functional groups attached to an aromatic ring is 1. The van der Waals surface area contributed by atoms with Crippen LogP contribution in [-0.2, 0) is 30.1 Å². The smallest absolute Gasteiger partial charge is 0.323 e. The van der Waals surface area contributed by atoms with Crippen LogP contribution in [0.5, 0.6) is 0 Å². The minimum Gasteiger partial charge on any atom is -0.462 e. The number of anilines is 1. The molecule has 2 heterocycles. The number of hydrogen-bond acceptors (Lipinski definition) is 9. The number of rotatable bonds is 27. The van der Waals surface area contributed by atoms with E-state index in [0.717, 1.165) is 12.8 Å². The van der Waals surface area contributed by atoms with Gasteiger partial charge in [-0.05, 0) is 40.5 Å². The van der Waals surface area contributed by atoms with E-state index in [2.05, 4.69) is 27.0 Å². The third kappa shape index (κ3) is 14.8. The molecule has 264 valence electrons. The number of nitrogens with two attached hydrogens (primary N) is 1. The fourth-order valence-electron chi connectivity index (χ4n) is 5.57. The molecular formula is C34H63N6O5P. The first-order valence-corrected chi connectivity index (χ1v) is 19.8. The molecule has 4 atom stereocenters. The highest BCUT2D eigenvalue weighted by Gasteiger charge is 2.37. The van der Waals surface area contributed by atoms with Crippen LogP contribution < -0.4 is 10.8 Å². The van der Waals surface area contributed by atoms with Crippen molar-refractivity contribution in [2.24, 2.45) is 0 Å². The Balaban J connectivity index is 1.83. The average Bonchev–Trinajstić information content (AvgIpc) is 3.43. The van der Waals surface area contributed by atoms with Crippen LogP contribution in [0.1, 0.15) is 138 Å². The van der Waals surface area contributed by atoms with E-state index in [1.54, 1.807) is 27.1 Å². The Morgan fingerprint density at radius 2 is 1.46 bits per heavy atom. The predicted molar refractivity (Wildman–Crippen MR) is 187 cm³/mol. The van der Waals surface area contributed by atoms with Crippen molar-refractivity contribution < 1.29 is 23.6 Å². The number of carbonyl (C=O) groups is 1. The summed E-state index contributed by atoms with van der Waals surface area (Å²) in [5, 5.41) is 3.08. The van der Waals surface area contributed by atoms with Gasteiger partial charge in [0.05, 0.1) is 25.1 Å². The first-order chi connectivity index (χ1) is 22.1. The lowest BCUT2D eigenvalue weighted by Crippen LogP contribution is -2.39. The molecule has 0 aromatic carbocycles. The Hall–Kier alpha value is -2.07. The maximum Gasteiger partial charge on any atom is 0.323 e. The molecular weight excluding hydrogens is 603 g/mol. The number of carbonyl (C=O) groups excluding carboxylic acids is 1. The minimum absolute atomic E-state index is 0.0888. The zero-order chi connectivity index (χ0) is 33.8. The highest BCUT2D eigenvalue weighted by atomic mass is 31.2. The lowest BCUT2D eigenvalue weighted by Gasteiger charge is -2.31. The molecule has 11 nitrogen and oxygen atoms in total. The largest absolute Gasteiger partial charge is 0.462 e. The standard InChI is InChI=1S/C34H63N6O5P/c1-7-9-10-11-12-13-14-15-16-17-18-19-20-21-22-43-30(8-2)46(42,39-29(6)34(41)45-27(3)4)26-44-28(5)23-40-25-38-31-32(35)36-24-37-33(31)40/h24-25,27-30H,7-23,26H2,1-6H3,(H,39,42)(H2,35,36,37)/t28-,29+,30?,46?/m1/s1. The van der Waals surface area contributed by atoms with Gasteiger partial charge in [0.1, 0.15) is 30.1 Å². The second-order valence-electron chi connectivity index (χ2n) is 12.9. The lowest BCUT2D eigenvalue weighted by molar-refractivity contribution is -0.149. The third-order valence-corrected chi connectivity index (χ3v) is 11.0. The molecule has 2 unspecified atom stereocenters. The summed E-state index contributed by atoms with van der Waals surface area (Å²) in [7, 11) is -3.34. The van der Waals surface area contributed by atoms with Gasteiger partial charge in [-0.15, -0.1) is 0 Å². The second-order valence-corrected chi connectivity index (χ2v) is 15.6. The van der Waals surface area contributed by atoms with Gasteiger partial charge >= 0.3 is 5.97 Å². The van der Waals surface area contributed by atoms with Gasteiger partial charge in [-0.3, -0.25) is 4.79 Å². The summed E-state index contributed by atoms with van der Waals surface area (Å²) in [5.41, 5.74) is 7.06. The minimum atomic E-state index is -3.34. The van der Waals surface area contributed by atoms with Crippen molar-refractivity contribution in [2.75, 3.05) is 18.7 Å². The molecule has 2 rings (SSSR count). The zero-order valence-corrected chi connectivity index (χ0v) is 30.4. The summed E-state index contributed by atoms with van der Waals surface area (Å²) >= 11 is 0. The number of imidazole rings is 1. The maximum atomic E-state index is 14.5. The van der Waals surface area contributed by atoms with Crippen molar-refractivity contribution in [2.45, 2.75) is 168 Å². The molecule has 0 bridgehead atoms. The molecule has 0 spiro atoms. The zero-order valence-electron chi connectivity index (χ0n) is 29.5. The predicted octanol–water partition coefficient (Wildman–Crippen LogP) is 8.21. The van der Waals surface area contributed by atoms with E-state index < -0.39 is 25.1 Å². The van der Waals surface area contributed by atoms with Crippen molar-refractivity contribution in [3.8, 4) is 0 Å². The quantitative estimate of drug-likeness (QED) is 0.0544. The van der Waals surface area contributed by atoms with Crippen LogP contribution in [0.15, 0.2) is 12.7 Å². The Bertz CT molecular complexity index is 1160. The first-order valence-electron chi connectivity index (χ1n) is 17.8. The highest BCUT2D eigenvalue weighted by Crippen LogP contribution is 2.49. The molecule has 12 heteroatoms. The molecule has 0 aliphatic rings.